The number of aromatic amines is 1. The van der Waals surface area contributed by atoms with Crippen LogP contribution in [0, 0.1) is 11.3 Å². The van der Waals surface area contributed by atoms with Crippen LogP contribution in [0.15, 0.2) is 43.1 Å². The Bertz CT molecular complexity index is 1690. The Morgan fingerprint density at radius 2 is 2.00 bits per heavy atom. The second-order valence-electron chi connectivity index (χ2n) is 11.9. The Morgan fingerprint density at radius 1 is 1.23 bits per heavy atom. The predicted molar refractivity (Wildman–Crippen MR) is 153 cm³/mol. The molecule has 0 radical (unpaired) electrons. The number of likely N-dealkylation sites (tertiary alicyclic amines) is 1. The van der Waals surface area contributed by atoms with Gasteiger partial charge in [-0.3, -0.25) is 14.4 Å². The van der Waals surface area contributed by atoms with Crippen molar-refractivity contribution in [1.29, 1.82) is 5.26 Å². The summed E-state index contributed by atoms with van der Waals surface area (Å²) in [6.07, 6.45) is 5.11. The number of nitriles is 1. The molecule has 2 fully saturated rings. The van der Waals surface area contributed by atoms with E-state index < -0.39 is 23.3 Å². The molecule has 4 aromatic heterocycles. The van der Waals surface area contributed by atoms with Crippen molar-refractivity contribution in [3.63, 3.8) is 0 Å². The molecule has 4 aromatic rings. The van der Waals surface area contributed by atoms with E-state index in [-0.39, 0.29) is 29.6 Å². The molecule has 1 saturated carbocycles. The van der Waals surface area contributed by atoms with Gasteiger partial charge in [0.05, 0.1) is 24.4 Å². The molecule has 6 rings (SSSR count). The number of rotatable bonds is 8. The van der Waals surface area contributed by atoms with Crippen molar-refractivity contribution in [3.8, 4) is 23.2 Å². The number of carbonyl (C=O) groups excluding carboxylic acids is 1. The van der Waals surface area contributed by atoms with Crippen LogP contribution in [0.1, 0.15) is 62.0 Å². The Balaban J connectivity index is 1.09. The van der Waals surface area contributed by atoms with Gasteiger partial charge < -0.3 is 15.0 Å². The van der Waals surface area contributed by atoms with Crippen LogP contribution in [-0.2, 0) is 11.7 Å². The van der Waals surface area contributed by atoms with E-state index in [0.29, 0.717) is 32.4 Å². The lowest BCUT2D eigenvalue weighted by Gasteiger charge is -2.53. The summed E-state index contributed by atoms with van der Waals surface area (Å²) in [4.78, 5) is 30.2. The number of hydrogen-bond acceptors (Lipinski definition) is 8. The molecule has 2 aliphatic rings. The molecule has 1 aliphatic carbocycles. The van der Waals surface area contributed by atoms with Gasteiger partial charge in [-0.15, -0.1) is 0 Å². The number of alkyl halides is 3. The van der Waals surface area contributed by atoms with Crippen LogP contribution >= 0.6 is 0 Å². The Labute approximate surface area is 251 Å². The molecule has 44 heavy (non-hydrogen) atoms. The number of nitrogens with zero attached hydrogens (tertiary/aromatic N) is 7. The van der Waals surface area contributed by atoms with Gasteiger partial charge in [-0.25, -0.2) is 15.0 Å². The molecule has 0 spiro atoms. The van der Waals surface area contributed by atoms with Crippen molar-refractivity contribution in [1.82, 2.24) is 39.9 Å². The lowest BCUT2D eigenvalue weighted by molar-refractivity contribution is -0.141. The molecule has 0 atom stereocenters. The molecule has 5 heterocycles. The van der Waals surface area contributed by atoms with E-state index in [4.69, 9.17) is 4.74 Å². The second kappa shape index (κ2) is 11.5. The minimum Gasteiger partial charge on any atom is -0.474 e. The summed E-state index contributed by atoms with van der Waals surface area (Å²) in [5, 5.41) is 17.8. The number of nitrogens with one attached hydrogen (secondary N) is 2. The molecule has 2 N–H and O–H groups in total. The largest absolute Gasteiger partial charge is 0.474 e. The summed E-state index contributed by atoms with van der Waals surface area (Å²) in [6.45, 7) is 4.78. The van der Waals surface area contributed by atoms with Gasteiger partial charge in [0.2, 0.25) is 5.88 Å². The van der Waals surface area contributed by atoms with E-state index in [1.165, 1.54) is 12.4 Å². The number of halogens is 3. The first-order valence-electron chi connectivity index (χ1n) is 14.6. The Hall–Kier alpha value is -4.51. The molecule has 1 saturated heterocycles. The quantitative estimate of drug-likeness (QED) is 0.294. The van der Waals surface area contributed by atoms with Crippen molar-refractivity contribution < 1.29 is 22.7 Å². The van der Waals surface area contributed by atoms with Gasteiger partial charge in [0, 0.05) is 60.1 Å². The smallest absolute Gasteiger partial charge is 0.433 e. The molecule has 1 amide bonds. The van der Waals surface area contributed by atoms with Crippen molar-refractivity contribution >= 4 is 16.9 Å². The molecule has 11 nitrogen and oxygen atoms in total. The number of ether oxygens (including phenoxy) is 1. The fourth-order valence-electron chi connectivity index (χ4n) is 6.15. The molecule has 1 aliphatic heterocycles. The zero-order valence-corrected chi connectivity index (χ0v) is 24.3. The fourth-order valence-corrected chi connectivity index (χ4v) is 6.15. The topological polar surface area (TPSA) is 138 Å². The van der Waals surface area contributed by atoms with E-state index in [1.54, 1.807) is 20.0 Å². The Kier molecular flexibility index (Phi) is 7.75. The number of pyridine rings is 1. The standard InChI is InChI=1S/C30H32F3N9O2/c1-18(2)39-28(43)19-11-24(30(31,32)33)40-25(12-19)44-22-5-3-21(4-6-22)41-15-29(16-41,8-9-34)42-14-20(13-38-42)26-23-7-10-35-27(23)37-17-36-26/h7,10-14,17-18,21-22H,3-6,8,15-16H2,1-2H3,(H,39,43)(H,35,36,37)/t21-,22+. The summed E-state index contributed by atoms with van der Waals surface area (Å²) >= 11 is 0. The lowest BCUT2D eigenvalue weighted by atomic mass is 9.82. The van der Waals surface area contributed by atoms with Crippen LogP contribution in [0.3, 0.4) is 0 Å². The van der Waals surface area contributed by atoms with Crippen molar-refractivity contribution in [2.24, 2.45) is 0 Å². The first-order chi connectivity index (χ1) is 21.0. The van der Waals surface area contributed by atoms with Gasteiger partial charge in [-0.1, -0.05) is 0 Å². The van der Waals surface area contributed by atoms with Crippen LogP contribution in [0.2, 0.25) is 0 Å². The highest BCUT2D eigenvalue weighted by Crippen LogP contribution is 2.39. The maximum atomic E-state index is 13.5. The average molecular weight is 608 g/mol. The maximum absolute atomic E-state index is 13.5. The number of H-pyrrole nitrogens is 1. The van der Waals surface area contributed by atoms with Gasteiger partial charge in [0.15, 0.2) is 0 Å². The molecule has 14 heteroatoms. The highest BCUT2D eigenvalue weighted by atomic mass is 19.4. The summed E-state index contributed by atoms with van der Waals surface area (Å²) < 4.78 is 48.4. The van der Waals surface area contributed by atoms with Gasteiger partial charge in [0.25, 0.3) is 5.91 Å². The number of aromatic nitrogens is 6. The SMILES string of the molecule is CC(C)NC(=O)c1cc(O[C@H]2CC[C@@H](N3CC(CC#N)(n4cc(-c5ncnc6[nH]ccc56)cn4)C3)CC2)nc(C(F)(F)F)c1. The number of carbonyl (C=O) groups is 1. The zero-order valence-electron chi connectivity index (χ0n) is 24.3. The minimum atomic E-state index is -4.71. The third-order valence-electron chi connectivity index (χ3n) is 8.32. The van der Waals surface area contributed by atoms with E-state index in [2.05, 4.69) is 41.3 Å². The Morgan fingerprint density at radius 3 is 2.70 bits per heavy atom. The lowest BCUT2D eigenvalue weighted by Crippen LogP contribution is -2.65. The molecule has 0 bridgehead atoms. The third-order valence-corrected chi connectivity index (χ3v) is 8.32. The van der Waals surface area contributed by atoms with Crippen LogP contribution in [0.5, 0.6) is 5.88 Å². The fraction of sp³-hybridized carbons (Fsp3) is 0.467. The highest BCUT2D eigenvalue weighted by Gasteiger charge is 2.48. The van der Waals surface area contributed by atoms with E-state index >= 15 is 0 Å². The van der Waals surface area contributed by atoms with E-state index in [1.807, 2.05) is 23.1 Å². The van der Waals surface area contributed by atoms with Gasteiger partial charge in [0.1, 0.15) is 29.3 Å². The van der Waals surface area contributed by atoms with Gasteiger partial charge in [-0.2, -0.15) is 23.5 Å². The summed E-state index contributed by atoms with van der Waals surface area (Å²) in [6, 6.07) is 6.28. The van der Waals surface area contributed by atoms with Crippen molar-refractivity contribution in [2.45, 2.75) is 75.9 Å². The molecule has 230 valence electrons. The average Bonchev–Trinajstić information content (AvgIpc) is 3.65. The molecule has 0 unspecified atom stereocenters. The van der Waals surface area contributed by atoms with Crippen molar-refractivity contribution in [3.05, 3.63) is 54.4 Å². The summed E-state index contributed by atoms with van der Waals surface area (Å²) in [5.74, 6) is -0.816. The number of hydrogen-bond donors (Lipinski definition) is 2. The first kappa shape index (κ1) is 29.6. The normalized spacial score (nSPS) is 20.3. The summed E-state index contributed by atoms with van der Waals surface area (Å²) in [7, 11) is 0. The van der Waals surface area contributed by atoms with Crippen LogP contribution in [0.4, 0.5) is 13.2 Å². The minimum absolute atomic E-state index is 0.141. The first-order valence-corrected chi connectivity index (χ1v) is 14.6. The van der Waals surface area contributed by atoms with Gasteiger partial charge in [-0.05, 0) is 51.7 Å². The van der Waals surface area contributed by atoms with E-state index in [0.717, 1.165) is 41.2 Å². The molecular weight excluding hydrogens is 575 g/mol. The van der Waals surface area contributed by atoms with Gasteiger partial charge >= 0.3 is 6.18 Å². The maximum Gasteiger partial charge on any atom is 0.433 e. The highest BCUT2D eigenvalue weighted by molar-refractivity contribution is 5.94. The van der Waals surface area contributed by atoms with Crippen LogP contribution < -0.4 is 10.1 Å². The summed E-state index contributed by atoms with van der Waals surface area (Å²) in [5.41, 5.74) is 0.596. The molecule has 0 aromatic carbocycles. The number of amides is 1. The zero-order chi connectivity index (χ0) is 31.1. The molecular formula is C30H32F3N9O2. The van der Waals surface area contributed by atoms with Crippen LogP contribution in [0.25, 0.3) is 22.3 Å². The monoisotopic (exact) mass is 607 g/mol. The van der Waals surface area contributed by atoms with Crippen LogP contribution in [-0.4, -0.2) is 71.8 Å². The van der Waals surface area contributed by atoms with Crippen molar-refractivity contribution in [2.75, 3.05) is 13.1 Å². The number of fused-ring (bicyclic) bond motifs is 1. The predicted octanol–water partition coefficient (Wildman–Crippen LogP) is 4.69. The third kappa shape index (κ3) is 5.84. The van der Waals surface area contributed by atoms with E-state index in [9.17, 15) is 23.2 Å². The second-order valence-corrected chi connectivity index (χ2v) is 11.9.